The van der Waals surface area contributed by atoms with E-state index < -0.39 is 5.41 Å². The van der Waals surface area contributed by atoms with Crippen molar-refractivity contribution >= 4 is 35.5 Å². The molecule has 25 heavy (non-hydrogen) atoms. The smallest absolute Gasteiger partial charge is 0.230 e. The van der Waals surface area contributed by atoms with Crippen molar-refractivity contribution in [2.75, 3.05) is 19.6 Å². The Morgan fingerprint density at radius 3 is 2.56 bits per heavy atom. The molecule has 1 aromatic rings. The van der Waals surface area contributed by atoms with Gasteiger partial charge in [-0.3, -0.25) is 9.59 Å². The van der Waals surface area contributed by atoms with E-state index >= 15 is 0 Å². The van der Waals surface area contributed by atoms with Crippen molar-refractivity contribution in [2.24, 2.45) is 11.7 Å². The van der Waals surface area contributed by atoms with Crippen LogP contribution in [0, 0.1) is 5.92 Å². The van der Waals surface area contributed by atoms with Gasteiger partial charge in [0.25, 0.3) is 0 Å². The SMILES string of the molecule is CC(C)(C(=O)NCC(N)C1CCN(C=O)CC1)c1ccc(Cl)c(Cl)c1. The lowest BCUT2D eigenvalue weighted by atomic mass is 9.83. The van der Waals surface area contributed by atoms with Crippen LogP contribution >= 0.6 is 23.2 Å². The summed E-state index contributed by atoms with van der Waals surface area (Å²) in [6.07, 6.45) is 2.61. The van der Waals surface area contributed by atoms with Crippen LogP contribution in [0.3, 0.4) is 0 Å². The number of piperidine rings is 1. The molecule has 7 heteroatoms. The van der Waals surface area contributed by atoms with Gasteiger partial charge < -0.3 is 16.0 Å². The minimum absolute atomic E-state index is 0.105. The summed E-state index contributed by atoms with van der Waals surface area (Å²) in [7, 11) is 0. The van der Waals surface area contributed by atoms with Gasteiger partial charge in [-0.1, -0.05) is 29.3 Å². The number of nitrogens with zero attached hydrogens (tertiary/aromatic N) is 1. The number of carbonyl (C=O) groups is 2. The molecule has 0 bridgehead atoms. The highest BCUT2D eigenvalue weighted by Gasteiger charge is 2.31. The number of benzene rings is 1. The van der Waals surface area contributed by atoms with Crippen LogP contribution in [-0.2, 0) is 15.0 Å². The summed E-state index contributed by atoms with van der Waals surface area (Å²) in [5.74, 6) is 0.205. The normalized spacial score (nSPS) is 17.2. The zero-order chi connectivity index (χ0) is 18.6. The van der Waals surface area contributed by atoms with Crippen molar-refractivity contribution < 1.29 is 9.59 Å². The first-order valence-electron chi connectivity index (χ1n) is 8.44. The number of likely N-dealkylation sites (tertiary alicyclic amines) is 1. The average Bonchev–Trinajstić information content (AvgIpc) is 2.61. The molecule has 0 radical (unpaired) electrons. The molecule has 2 rings (SSSR count). The van der Waals surface area contributed by atoms with Gasteiger partial charge in [-0.05, 0) is 50.3 Å². The number of halogens is 2. The summed E-state index contributed by atoms with van der Waals surface area (Å²) >= 11 is 12.0. The van der Waals surface area contributed by atoms with Crippen LogP contribution < -0.4 is 11.1 Å². The Morgan fingerprint density at radius 2 is 2.00 bits per heavy atom. The van der Waals surface area contributed by atoms with E-state index in [0.29, 0.717) is 22.5 Å². The van der Waals surface area contributed by atoms with Crippen molar-refractivity contribution in [3.63, 3.8) is 0 Å². The van der Waals surface area contributed by atoms with Crippen LogP contribution in [0.15, 0.2) is 18.2 Å². The molecule has 138 valence electrons. The van der Waals surface area contributed by atoms with E-state index in [1.807, 2.05) is 19.9 Å². The zero-order valence-corrected chi connectivity index (χ0v) is 16.1. The van der Waals surface area contributed by atoms with E-state index in [2.05, 4.69) is 5.32 Å². The fourth-order valence-corrected chi connectivity index (χ4v) is 3.37. The number of amides is 2. The molecule has 0 spiro atoms. The largest absolute Gasteiger partial charge is 0.354 e. The highest BCUT2D eigenvalue weighted by molar-refractivity contribution is 6.42. The van der Waals surface area contributed by atoms with E-state index in [1.165, 1.54) is 0 Å². The van der Waals surface area contributed by atoms with Crippen molar-refractivity contribution in [3.8, 4) is 0 Å². The van der Waals surface area contributed by atoms with Crippen molar-refractivity contribution in [2.45, 2.75) is 38.1 Å². The summed E-state index contributed by atoms with van der Waals surface area (Å²) < 4.78 is 0. The molecule has 1 heterocycles. The van der Waals surface area contributed by atoms with Gasteiger partial charge in [0.15, 0.2) is 0 Å². The van der Waals surface area contributed by atoms with Crippen molar-refractivity contribution in [3.05, 3.63) is 33.8 Å². The van der Waals surface area contributed by atoms with Crippen LogP contribution in [-0.4, -0.2) is 42.9 Å². The number of nitrogens with one attached hydrogen (secondary N) is 1. The maximum atomic E-state index is 12.6. The molecule has 0 aliphatic carbocycles. The molecule has 1 unspecified atom stereocenters. The first-order valence-corrected chi connectivity index (χ1v) is 9.20. The maximum Gasteiger partial charge on any atom is 0.230 e. The number of nitrogens with two attached hydrogens (primary N) is 1. The third-order valence-electron chi connectivity index (χ3n) is 5.04. The summed E-state index contributed by atoms with van der Waals surface area (Å²) in [5, 5.41) is 3.85. The lowest BCUT2D eigenvalue weighted by Crippen LogP contribution is -2.49. The standard InChI is InChI=1S/C18H25Cl2N3O2/c1-18(2,13-3-4-14(19)15(20)9-13)17(25)22-10-16(21)12-5-7-23(11-24)8-6-12/h3-4,9,11-12,16H,5-8,10,21H2,1-2H3,(H,22,25). The lowest BCUT2D eigenvalue weighted by Gasteiger charge is -2.33. The number of hydrogen-bond donors (Lipinski definition) is 2. The second-order valence-electron chi connectivity index (χ2n) is 7.11. The van der Waals surface area contributed by atoms with E-state index in [4.69, 9.17) is 28.9 Å². The van der Waals surface area contributed by atoms with Crippen LogP contribution in [0.1, 0.15) is 32.3 Å². The summed E-state index contributed by atoms with van der Waals surface area (Å²) in [5.41, 5.74) is 6.31. The predicted octanol–water partition coefficient (Wildman–Crippen LogP) is 2.58. The lowest BCUT2D eigenvalue weighted by molar-refractivity contribution is -0.125. The Balaban J connectivity index is 1.92. The topological polar surface area (TPSA) is 75.4 Å². The Bertz CT molecular complexity index is 629. The highest BCUT2D eigenvalue weighted by Crippen LogP contribution is 2.30. The van der Waals surface area contributed by atoms with Gasteiger partial charge in [0, 0.05) is 25.7 Å². The quantitative estimate of drug-likeness (QED) is 0.738. The average molecular weight is 386 g/mol. The van der Waals surface area contributed by atoms with Gasteiger partial charge in [0.1, 0.15) is 0 Å². The molecule has 1 fully saturated rings. The minimum Gasteiger partial charge on any atom is -0.354 e. The molecule has 1 aromatic carbocycles. The van der Waals surface area contributed by atoms with Crippen molar-refractivity contribution in [1.82, 2.24) is 10.2 Å². The van der Waals surface area contributed by atoms with Gasteiger partial charge in [-0.15, -0.1) is 0 Å². The molecule has 1 aliphatic heterocycles. The number of rotatable bonds is 6. The first kappa shape index (κ1) is 20.0. The van der Waals surface area contributed by atoms with Gasteiger partial charge >= 0.3 is 0 Å². The Kier molecular flexibility index (Phi) is 6.72. The van der Waals surface area contributed by atoms with Crippen LogP contribution in [0.4, 0.5) is 0 Å². The molecule has 5 nitrogen and oxygen atoms in total. The Labute approximate surface area is 158 Å². The number of carbonyl (C=O) groups excluding carboxylic acids is 2. The fraction of sp³-hybridized carbons (Fsp3) is 0.556. The first-order chi connectivity index (χ1) is 11.8. The van der Waals surface area contributed by atoms with Crippen molar-refractivity contribution in [1.29, 1.82) is 0 Å². The molecule has 0 aromatic heterocycles. The molecule has 3 N–H and O–H groups in total. The maximum absolute atomic E-state index is 12.6. The summed E-state index contributed by atoms with van der Waals surface area (Å²) in [6.45, 7) is 5.55. The minimum atomic E-state index is -0.741. The van der Waals surface area contributed by atoms with Gasteiger partial charge in [-0.2, -0.15) is 0 Å². The van der Waals surface area contributed by atoms with E-state index in [0.717, 1.165) is 37.9 Å². The molecular formula is C18H25Cl2N3O2. The molecule has 0 saturated carbocycles. The van der Waals surface area contributed by atoms with E-state index in [1.54, 1.807) is 17.0 Å². The highest BCUT2D eigenvalue weighted by atomic mass is 35.5. The van der Waals surface area contributed by atoms with Gasteiger partial charge in [0.2, 0.25) is 12.3 Å². The second-order valence-corrected chi connectivity index (χ2v) is 7.92. The Morgan fingerprint density at radius 1 is 1.36 bits per heavy atom. The molecule has 1 saturated heterocycles. The van der Waals surface area contributed by atoms with Crippen LogP contribution in [0.5, 0.6) is 0 Å². The van der Waals surface area contributed by atoms with E-state index in [-0.39, 0.29) is 11.9 Å². The summed E-state index contributed by atoms with van der Waals surface area (Å²) in [6, 6.07) is 5.10. The fourth-order valence-electron chi connectivity index (χ4n) is 3.07. The second kappa shape index (κ2) is 8.39. The third-order valence-corrected chi connectivity index (χ3v) is 5.78. The number of hydrogen-bond acceptors (Lipinski definition) is 3. The Hall–Kier alpha value is -1.30. The predicted molar refractivity (Wildman–Crippen MR) is 101 cm³/mol. The van der Waals surface area contributed by atoms with Crippen LogP contribution in [0.25, 0.3) is 0 Å². The molecule has 2 amide bonds. The van der Waals surface area contributed by atoms with Gasteiger partial charge in [-0.25, -0.2) is 0 Å². The third kappa shape index (κ3) is 4.87. The molecular weight excluding hydrogens is 361 g/mol. The van der Waals surface area contributed by atoms with E-state index in [9.17, 15) is 9.59 Å². The monoisotopic (exact) mass is 385 g/mol. The molecule has 1 atom stereocenters. The summed E-state index contributed by atoms with van der Waals surface area (Å²) in [4.78, 5) is 25.2. The zero-order valence-electron chi connectivity index (χ0n) is 14.6. The molecule has 1 aliphatic rings. The van der Waals surface area contributed by atoms with Gasteiger partial charge in [0.05, 0.1) is 15.5 Å². The van der Waals surface area contributed by atoms with Crippen LogP contribution in [0.2, 0.25) is 10.0 Å².